The van der Waals surface area contributed by atoms with Crippen molar-refractivity contribution in [3.05, 3.63) is 11.9 Å². The van der Waals surface area contributed by atoms with E-state index in [0.717, 1.165) is 32.8 Å². The van der Waals surface area contributed by atoms with E-state index < -0.39 is 0 Å². The van der Waals surface area contributed by atoms with Gasteiger partial charge in [-0.3, -0.25) is 14.8 Å². The Morgan fingerprint density at radius 3 is 3.00 bits per heavy atom. The van der Waals surface area contributed by atoms with Crippen molar-refractivity contribution < 1.29 is 9.53 Å². The van der Waals surface area contributed by atoms with Gasteiger partial charge in [0.05, 0.1) is 25.1 Å². The first-order chi connectivity index (χ1) is 8.27. The summed E-state index contributed by atoms with van der Waals surface area (Å²) in [5.41, 5.74) is 6.27. The Balaban J connectivity index is 1.71. The number of nitrogen functional groups attached to an aromatic ring is 1. The third kappa shape index (κ3) is 3.18. The molecule has 7 heteroatoms. The minimum Gasteiger partial charge on any atom is -0.396 e. The number of nitrogens with two attached hydrogens (primary N) is 1. The average molecular weight is 239 g/mol. The van der Waals surface area contributed by atoms with E-state index in [4.69, 9.17) is 10.5 Å². The van der Waals surface area contributed by atoms with E-state index in [9.17, 15) is 4.79 Å². The molecule has 0 aromatic carbocycles. The zero-order valence-electron chi connectivity index (χ0n) is 9.61. The molecule has 1 aromatic heterocycles. The highest BCUT2D eigenvalue weighted by atomic mass is 16.5. The molecule has 7 nitrogen and oxygen atoms in total. The molecule has 94 valence electrons. The van der Waals surface area contributed by atoms with Crippen molar-refractivity contribution in [1.29, 1.82) is 0 Å². The number of ether oxygens (including phenoxy) is 1. The second kappa shape index (κ2) is 5.65. The van der Waals surface area contributed by atoms with Gasteiger partial charge in [0.1, 0.15) is 5.69 Å². The van der Waals surface area contributed by atoms with Crippen LogP contribution in [-0.2, 0) is 4.74 Å². The number of morpholine rings is 1. The monoisotopic (exact) mass is 239 g/mol. The SMILES string of the molecule is Nc1cn[nH]c1C(=O)NCCN1CCOCC1. The van der Waals surface area contributed by atoms with Crippen LogP contribution >= 0.6 is 0 Å². The van der Waals surface area contributed by atoms with E-state index in [2.05, 4.69) is 20.4 Å². The largest absolute Gasteiger partial charge is 0.396 e. The Morgan fingerprint density at radius 2 is 2.35 bits per heavy atom. The maximum absolute atomic E-state index is 11.7. The van der Waals surface area contributed by atoms with Crippen LogP contribution in [0.15, 0.2) is 6.20 Å². The van der Waals surface area contributed by atoms with Gasteiger partial charge < -0.3 is 15.8 Å². The molecule has 1 saturated heterocycles. The van der Waals surface area contributed by atoms with E-state index in [1.165, 1.54) is 6.20 Å². The molecule has 1 aliphatic heterocycles. The molecule has 2 rings (SSSR count). The molecular formula is C10H17N5O2. The van der Waals surface area contributed by atoms with Crippen LogP contribution in [0, 0.1) is 0 Å². The number of nitrogens with one attached hydrogen (secondary N) is 2. The van der Waals surface area contributed by atoms with Crippen LogP contribution in [-0.4, -0.2) is 60.4 Å². The van der Waals surface area contributed by atoms with Crippen LogP contribution in [0.25, 0.3) is 0 Å². The maximum Gasteiger partial charge on any atom is 0.271 e. The third-order valence-electron chi connectivity index (χ3n) is 2.71. The number of carbonyl (C=O) groups excluding carboxylic acids is 1. The molecule has 1 aromatic rings. The summed E-state index contributed by atoms with van der Waals surface area (Å²) in [7, 11) is 0. The minimum atomic E-state index is -0.215. The Labute approximate surface area is 99.3 Å². The van der Waals surface area contributed by atoms with Gasteiger partial charge >= 0.3 is 0 Å². The second-order valence-corrected chi connectivity index (χ2v) is 3.91. The van der Waals surface area contributed by atoms with Crippen molar-refractivity contribution in [3.8, 4) is 0 Å². The maximum atomic E-state index is 11.7. The zero-order chi connectivity index (χ0) is 12.1. The van der Waals surface area contributed by atoms with Crippen LogP contribution in [0.3, 0.4) is 0 Å². The fourth-order valence-electron chi connectivity index (χ4n) is 1.72. The van der Waals surface area contributed by atoms with Gasteiger partial charge in [0.15, 0.2) is 0 Å². The predicted octanol–water partition coefficient (Wildman–Crippen LogP) is -0.946. The highest BCUT2D eigenvalue weighted by Gasteiger charge is 2.13. The number of aromatic nitrogens is 2. The summed E-state index contributed by atoms with van der Waals surface area (Å²) in [4.78, 5) is 13.9. The molecule has 2 heterocycles. The number of H-pyrrole nitrogens is 1. The zero-order valence-corrected chi connectivity index (χ0v) is 9.61. The van der Waals surface area contributed by atoms with Gasteiger partial charge in [-0.15, -0.1) is 0 Å². The molecule has 0 unspecified atom stereocenters. The van der Waals surface area contributed by atoms with Crippen molar-refractivity contribution in [2.45, 2.75) is 0 Å². The number of anilines is 1. The Kier molecular flexibility index (Phi) is 3.94. The van der Waals surface area contributed by atoms with Gasteiger partial charge in [-0.05, 0) is 0 Å². The highest BCUT2D eigenvalue weighted by molar-refractivity contribution is 5.96. The fourth-order valence-corrected chi connectivity index (χ4v) is 1.72. The van der Waals surface area contributed by atoms with Crippen LogP contribution in [0.1, 0.15) is 10.5 Å². The topological polar surface area (TPSA) is 96.3 Å². The van der Waals surface area contributed by atoms with E-state index in [1.807, 2.05) is 0 Å². The normalized spacial score (nSPS) is 16.9. The van der Waals surface area contributed by atoms with E-state index in [0.29, 0.717) is 17.9 Å². The first kappa shape index (κ1) is 11.9. The smallest absolute Gasteiger partial charge is 0.271 e. The average Bonchev–Trinajstić information content (AvgIpc) is 2.77. The van der Waals surface area contributed by atoms with E-state index in [-0.39, 0.29) is 5.91 Å². The molecule has 0 bridgehead atoms. The lowest BCUT2D eigenvalue weighted by atomic mass is 10.3. The van der Waals surface area contributed by atoms with E-state index >= 15 is 0 Å². The number of hydrogen-bond donors (Lipinski definition) is 3. The summed E-state index contributed by atoms with van der Waals surface area (Å²) >= 11 is 0. The van der Waals surface area contributed by atoms with Crippen molar-refractivity contribution in [2.75, 3.05) is 45.1 Å². The van der Waals surface area contributed by atoms with Crippen LogP contribution < -0.4 is 11.1 Å². The summed E-state index contributed by atoms with van der Waals surface area (Å²) in [5, 5.41) is 9.08. The van der Waals surface area contributed by atoms with Crippen molar-refractivity contribution in [1.82, 2.24) is 20.4 Å². The molecule has 0 radical (unpaired) electrons. The standard InChI is InChI=1S/C10H17N5O2/c11-8-7-13-14-9(8)10(16)12-1-2-15-3-5-17-6-4-15/h7H,1-6,11H2,(H,12,16)(H,13,14). The molecule has 0 spiro atoms. The van der Waals surface area contributed by atoms with Gasteiger partial charge in [0.25, 0.3) is 5.91 Å². The Morgan fingerprint density at radius 1 is 1.59 bits per heavy atom. The van der Waals surface area contributed by atoms with Gasteiger partial charge in [0.2, 0.25) is 0 Å². The third-order valence-corrected chi connectivity index (χ3v) is 2.71. The van der Waals surface area contributed by atoms with Crippen molar-refractivity contribution in [2.24, 2.45) is 0 Å². The lowest BCUT2D eigenvalue weighted by Gasteiger charge is -2.26. The number of rotatable bonds is 4. The molecule has 1 amide bonds. The summed E-state index contributed by atoms with van der Waals surface area (Å²) in [6.07, 6.45) is 1.43. The molecule has 1 aliphatic rings. The fraction of sp³-hybridized carbons (Fsp3) is 0.600. The summed E-state index contributed by atoms with van der Waals surface area (Å²) < 4.78 is 5.24. The summed E-state index contributed by atoms with van der Waals surface area (Å²) in [6.45, 7) is 4.79. The van der Waals surface area contributed by atoms with E-state index in [1.54, 1.807) is 0 Å². The molecule has 0 saturated carbocycles. The van der Waals surface area contributed by atoms with Crippen LogP contribution in [0.4, 0.5) is 5.69 Å². The number of aromatic amines is 1. The lowest BCUT2D eigenvalue weighted by molar-refractivity contribution is 0.0383. The second-order valence-electron chi connectivity index (χ2n) is 3.91. The van der Waals surface area contributed by atoms with Gasteiger partial charge in [-0.1, -0.05) is 0 Å². The van der Waals surface area contributed by atoms with Gasteiger partial charge in [-0.25, -0.2) is 0 Å². The van der Waals surface area contributed by atoms with Crippen LogP contribution in [0.5, 0.6) is 0 Å². The molecule has 0 aliphatic carbocycles. The lowest BCUT2D eigenvalue weighted by Crippen LogP contribution is -2.41. The molecule has 4 N–H and O–H groups in total. The number of hydrogen-bond acceptors (Lipinski definition) is 5. The number of amides is 1. The van der Waals surface area contributed by atoms with Crippen molar-refractivity contribution >= 4 is 11.6 Å². The van der Waals surface area contributed by atoms with Crippen molar-refractivity contribution in [3.63, 3.8) is 0 Å². The molecular weight excluding hydrogens is 222 g/mol. The van der Waals surface area contributed by atoms with Crippen LogP contribution in [0.2, 0.25) is 0 Å². The first-order valence-electron chi connectivity index (χ1n) is 5.64. The molecule has 1 fully saturated rings. The summed E-state index contributed by atoms with van der Waals surface area (Å²) in [5.74, 6) is -0.215. The number of nitrogens with zero attached hydrogens (tertiary/aromatic N) is 2. The summed E-state index contributed by atoms with van der Waals surface area (Å²) in [6, 6.07) is 0. The van der Waals surface area contributed by atoms with Gasteiger partial charge in [0, 0.05) is 26.2 Å². The molecule has 17 heavy (non-hydrogen) atoms. The quantitative estimate of drug-likeness (QED) is 0.630. The Hall–Kier alpha value is -1.60. The first-order valence-corrected chi connectivity index (χ1v) is 5.64. The Bertz CT molecular complexity index is 373. The highest BCUT2D eigenvalue weighted by Crippen LogP contribution is 2.04. The van der Waals surface area contributed by atoms with Gasteiger partial charge in [-0.2, -0.15) is 5.10 Å². The minimum absolute atomic E-state index is 0.215. The predicted molar refractivity (Wildman–Crippen MR) is 62.6 cm³/mol. The number of carbonyl (C=O) groups is 1. The molecule has 0 atom stereocenters.